The van der Waals surface area contributed by atoms with Gasteiger partial charge in [0.25, 0.3) is 5.91 Å². The lowest BCUT2D eigenvalue weighted by molar-refractivity contribution is -0.145. The van der Waals surface area contributed by atoms with Crippen molar-refractivity contribution in [3.63, 3.8) is 0 Å². The predicted molar refractivity (Wildman–Crippen MR) is 107 cm³/mol. The molecule has 8 nitrogen and oxygen atoms in total. The van der Waals surface area contributed by atoms with Gasteiger partial charge < -0.3 is 10.1 Å². The van der Waals surface area contributed by atoms with Crippen molar-refractivity contribution in [2.24, 2.45) is 0 Å². The van der Waals surface area contributed by atoms with Gasteiger partial charge >= 0.3 is 12.1 Å². The molecule has 0 bridgehead atoms. The predicted octanol–water partition coefficient (Wildman–Crippen LogP) is 4.29. The minimum absolute atomic E-state index is 0.00268. The molecule has 34 heavy (non-hydrogen) atoms. The fourth-order valence-corrected chi connectivity index (χ4v) is 3.11. The first-order chi connectivity index (χ1) is 16.0. The van der Waals surface area contributed by atoms with Gasteiger partial charge in [-0.3, -0.25) is 14.2 Å². The van der Waals surface area contributed by atoms with E-state index in [-0.39, 0.29) is 28.4 Å². The molecule has 0 aliphatic carbocycles. The van der Waals surface area contributed by atoms with E-state index < -0.39 is 41.1 Å². The van der Waals surface area contributed by atoms with E-state index in [1.165, 1.54) is 12.1 Å². The van der Waals surface area contributed by atoms with Crippen LogP contribution >= 0.6 is 0 Å². The van der Waals surface area contributed by atoms with Crippen LogP contribution in [0.2, 0.25) is 0 Å². The smallest absolute Gasteiger partial charge is 0.427 e. The summed E-state index contributed by atoms with van der Waals surface area (Å²) >= 11 is 0. The number of hydrogen-bond donors (Lipinski definition) is 1. The number of halogens is 5. The molecule has 13 heteroatoms. The number of nitrogens with one attached hydrogen (secondary N) is 1. The van der Waals surface area contributed by atoms with Crippen LogP contribution in [0.3, 0.4) is 0 Å². The molecule has 0 saturated carbocycles. The van der Waals surface area contributed by atoms with Gasteiger partial charge in [0.15, 0.2) is 11.6 Å². The molecule has 0 radical (unpaired) electrons. The lowest BCUT2D eigenvalue weighted by Gasteiger charge is -2.11. The number of esters is 1. The highest BCUT2D eigenvalue weighted by molar-refractivity contribution is 6.04. The van der Waals surface area contributed by atoms with E-state index >= 15 is 0 Å². The van der Waals surface area contributed by atoms with E-state index in [1.54, 1.807) is 0 Å². The van der Waals surface area contributed by atoms with Gasteiger partial charge in [-0.25, -0.2) is 23.7 Å². The summed E-state index contributed by atoms with van der Waals surface area (Å²) in [7, 11) is 0. The van der Waals surface area contributed by atoms with Crippen molar-refractivity contribution in [3.8, 4) is 11.6 Å². The molecule has 4 rings (SSSR count). The molecule has 0 fully saturated rings. The maximum absolute atomic E-state index is 13.8. The zero-order valence-corrected chi connectivity index (χ0v) is 17.0. The second-order valence-electron chi connectivity index (χ2n) is 6.82. The van der Waals surface area contributed by atoms with E-state index in [2.05, 4.69) is 20.3 Å². The van der Waals surface area contributed by atoms with E-state index in [9.17, 15) is 31.5 Å². The fourth-order valence-electron chi connectivity index (χ4n) is 3.11. The molecule has 1 N–H and O–H groups in total. The minimum Gasteiger partial charge on any atom is -0.427 e. The van der Waals surface area contributed by atoms with E-state index in [1.807, 2.05) is 0 Å². The normalized spacial score (nSPS) is 11.5. The number of alkyl halides is 3. The van der Waals surface area contributed by atoms with Crippen LogP contribution in [0.15, 0.2) is 48.8 Å². The van der Waals surface area contributed by atoms with Gasteiger partial charge in [-0.2, -0.15) is 13.2 Å². The zero-order chi connectivity index (χ0) is 24.6. The standard InChI is InChI=1S/C21H12F5N5O3/c1-10(32)34-11-5-6-15-14(7-11)29-20(21(24,25)26)31(15)17-9-27-16(8-28-17)30-19(33)18-12(22)3-2-4-13(18)23/h2-9H,1H3,(H,27,30,33). The summed E-state index contributed by atoms with van der Waals surface area (Å²) in [6, 6.07) is 6.57. The third-order valence-corrected chi connectivity index (χ3v) is 4.44. The van der Waals surface area contributed by atoms with Crippen LogP contribution in [0.5, 0.6) is 5.75 Å². The van der Waals surface area contributed by atoms with Crippen molar-refractivity contribution in [2.45, 2.75) is 13.1 Å². The van der Waals surface area contributed by atoms with Gasteiger partial charge in [-0.1, -0.05) is 6.07 Å². The molecule has 0 atom stereocenters. The van der Waals surface area contributed by atoms with E-state index in [0.717, 1.165) is 43.6 Å². The Kier molecular flexibility index (Phi) is 5.69. The molecule has 2 aromatic carbocycles. The summed E-state index contributed by atoms with van der Waals surface area (Å²) in [6.45, 7) is 1.14. The van der Waals surface area contributed by atoms with Crippen LogP contribution in [-0.4, -0.2) is 31.4 Å². The molecule has 4 aromatic rings. The first-order valence-corrected chi connectivity index (χ1v) is 9.40. The van der Waals surface area contributed by atoms with Crippen molar-refractivity contribution >= 4 is 28.7 Å². The van der Waals surface area contributed by atoms with Crippen LogP contribution in [0.4, 0.5) is 27.8 Å². The Labute approximate surface area is 187 Å². The number of hydrogen-bond acceptors (Lipinski definition) is 6. The van der Waals surface area contributed by atoms with E-state index in [0.29, 0.717) is 4.57 Å². The maximum Gasteiger partial charge on any atom is 0.450 e. The summed E-state index contributed by atoms with van der Waals surface area (Å²) < 4.78 is 74.1. The molecule has 0 aliphatic heterocycles. The first kappa shape index (κ1) is 22.8. The van der Waals surface area contributed by atoms with Crippen molar-refractivity contribution in [1.29, 1.82) is 0 Å². The maximum atomic E-state index is 13.8. The lowest BCUT2D eigenvalue weighted by atomic mass is 10.2. The van der Waals surface area contributed by atoms with Crippen LogP contribution in [0, 0.1) is 11.6 Å². The van der Waals surface area contributed by atoms with Gasteiger partial charge in [0.2, 0.25) is 5.82 Å². The number of fused-ring (bicyclic) bond motifs is 1. The van der Waals surface area contributed by atoms with Gasteiger partial charge in [-0.05, 0) is 24.3 Å². The van der Waals surface area contributed by atoms with Gasteiger partial charge in [0.1, 0.15) is 22.9 Å². The van der Waals surface area contributed by atoms with Crippen molar-refractivity contribution < 1.29 is 36.3 Å². The number of ether oxygens (including phenoxy) is 1. The van der Waals surface area contributed by atoms with Gasteiger partial charge in [0, 0.05) is 13.0 Å². The quantitative estimate of drug-likeness (QED) is 0.268. The Morgan fingerprint density at radius 2 is 1.74 bits per heavy atom. The van der Waals surface area contributed by atoms with Gasteiger partial charge in [0.05, 0.1) is 23.4 Å². The highest BCUT2D eigenvalue weighted by Crippen LogP contribution is 2.34. The Balaban J connectivity index is 1.70. The molecule has 2 heterocycles. The summed E-state index contributed by atoms with van der Waals surface area (Å²) in [5.74, 6) is -5.89. The highest BCUT2D eigenvalue weighted by atomic mass is 19.4. The molecule has 0 spiro atoms. The van der Waals surface area contributed by atoms with Crippen molar-refractivity contribution in [2.75, 3.05) is 5.32 Å². The van der Waals surface area contributed by atoms with Crippen molar-refractivity contribution in [1.82, 2.24) is 19.5 Å². The van der Waals surface area contributed by atoms with Crippen LogP contribution in [0.25, 0.3) is 16.9 Å². The van der Waals surface area contributed by atoms with Crippen LogP contribution in [-0.2, 0) is 11.0 Å². The molecule has 0 aliphatic rings. The second-order valence-corrected chi connectivity index (χ2v) is 6.82. The molecule has 1 amide bonds. The summed E-state index contributed by atoms with van der Waals surface area (Å²) in [4.78, 5) is 34.6. The molecule has 2 aromatic heterocycles. The first-order valence-electron chi connectivity index (χ1n) is 9.40. The Bertz CT molecular complexity index is 1400. The Morgan fingerprint density at radius 3 is 2.32 bits per heavy atom. The highest BCUT2D eigenvalue weighted by Gasteiger charge is 2.38. The summed E-state index contributed by atoms with van der Waals surface area (Å²) in [6.07, 6.45) is -3.04. The number of rotatable bonds is 4. The topological polar surface area (TPSA) is 99.0 Å². The Hall–Kier alpha value is -4.42. The van der Waals surface area contributed by atoms with Crippen molar-refractivity contribution in [3.05, 3.63) is 71.8 Å². The van der Waals surface area contributed by atoms with Gasteiger partial charge in [-0.15, -0.1) is 0 Å². The lowest BCUT2D eigenvalue weighted by Crippen LogP contribution is -2.18. The SMILES string of the molecule is CC(=O)Oc1ccc2c(c1)nc(C(F)(F)F)n2-c1cnc(NC(=O)c2c(F)cccc2F)cn1. The van der Waals surface area contributed by atoms with Crippen LogP contribution in [0.1, 0.15) is 23.1 Å². The number of carbonyl (C=O) groups is 2. The number of imidazole rings is 1. The zero-order valence-electron chi connectivity index (χ0n) is 17.0. The molecule has 0 saturated heterocycles. The number of nitrogens with zero attached hydrogens (tertiary/aromatic N) is 4. The number of amides is 1. The van der Waals surface area contributed by atoms with E-state index in [4.69, 9.17) is 4.74 Å². The third-order valence-electron chi connectivity index (χ3n) is 4.44. The largest absolute Gasteiger partial charge is 0.450 e. The second kappa shape index (κ2) is 8.50. The number of benzene rings is 2. The number of carbonyl (C=O) groups excluding carboxylic acids is 2. The number of anilines is 1. The average Bonchev–Trinajstić information content (AvgIpc) is 3.13. The minimum atomic E-state index is -4.88. The number of aromatic nitrogens is 4. The Morgan fingerprint density at radius 1 is 1.03 bits per heavy atom. The molecule has 174 valence electrons. The fraction of sp³-hybridized carbons (Fsp3) is 0.0952. The van der Waals surface area contributed by atoms with Crippen LogP contribution < -0.4 is 10.1 Å². The molecular formula is C21H12F5N5O3. The summed E-state index contributed by atoms with van der Waals surface area (Å²) in [5, 5.41) is 2.13. The third kappa shape index (κ3) is 4.40. The molecule has 0 unspecified atom stereocenters. The average molecular weight is 477 g/mol. The molecular weight excluding hydrogens is 465 g/mol. The monoisotopic (exact) mass is 477 g/mol. The summed E-state index contributed by atoms with van der Waals surface area (Å²) in [5.41, 5.74) is -0.986.